The maximum atomic E-state index is 13.9. The fraction of sp³-hybridized carbons (Fsp3) is 0.250. The van der Waals surface area contributed by atoms with Gasteiger partial charge in [0.05, 0.1) is 5.92 Å². The number of nitrogens with one attached hydrogen (secondary N) is 1. The number of hydrogen-bond donors (Lipinski definition) is 1. The SMILES string of the molecule is Cc1noc(C=Cc2ccccc2F)c1S(=O)(=O)N1CCCC(C(=O)Nc2ccc(F)cc2)C1. The van der Waals surface area contributed by atoms with E-state index >= 15 is 0 Å². The van der Waals surface area contributed by atoms with Crippen LogP contribution in [-0.2, 0) is 14.8 Å². The summed E-state index contributed by atoms with van der Waals surface area (Å²) in [4.78, 5) is 12.6. The van der Waals surface area contributed by atoms with Crippen molar-refractivity contribution >= 4 is 33.8 Å². The molecule has 1 unspecified atom stereocenters. The number of carbonyl (C=O) groups is 1. The molecule has 0 aliphatic carbocycles. The molecule has 10 heteroatoms. The third-order valence-corrected chi connectivity index (χ3v) is 7.64. The van der Waals surface area contributed by atoms with Crippen molar-refractivity contribution in [2.75, 3.05) is 18.4 Å². The lowest BCUT2D eigenvalue weighted by Gasteiger charge is -2.31. The van der Waals surface area contributed by atoms with Gasteiger partial charge in [0.25, 0.3) is 0 Å². The van der Waals surface area contributed by atoms with Crippen LogP contribution in [0.25, 0.3) is 12.2 Å². The summed E-state index contributed by atoms with van der Waals surface area (Å²) in [6.07, 6.45) is 3.80. The van der Waals surface area contributed by atoms with Crippen molar-refractivity contribution in [2.45, 2.75) is 24.7 Å². The smallest absolute Gasteiger partial charge is 0.248 e. The molecule has 0 bridgehead atoms. The number of carbonyl (C=O) groups excluding carboxylic acids is 1. The Balaban J connectivity index is 1.54. The average Bonchev–Trinajstić information content (AvgIpc) is 3.21. The van der Waals surface area contributed by atoms with Gasteiger partial charge in [-0.25, -0.2) is 17.2 Å². The summed E-state index contributed by atoms with van der Waals surface area (Å²) in [7, 11) is -4.04. The molecule has 2 heterocycles. The summed E-state index contributed by atoms with van der Waals surface area (Å²) in [5.41, 5.74) is 0.878. The minimum atomic E-state index is -4.04. The summed E-state index contributed by atoms with van der Waals surface area (Å²) < 4.78 is 60.5. The molecule has 2 aromatic carbocycles. The first-order chi connectivity index (χ1) is 16.3. The quantitative estimate of drug-likeness (QED) is 0.554. The number of nitrogens with zero attached hydrogens (tertiary/aromatic N) is 2. The van der Waals surface area contributed by atoms with Crippen molar-refractivity contribution in [1.82, 2.24) is 9.46 Å². The fourth-order valence-corrected chi connectivity index (χ4v) is 5.63. The lowest BCUT2D eigenvalue weighted by molar-refractivity contribution is -0.120. The number of amides is 1. The Labute approximate surface area is 196 Å². The predicted molar refractivity (Wildman–Crippen MR) is 123 cm³/mol. The van der Waals surface area contributed by atoms with Gasteiger partial charge in [0.2, 0.25) is 15.9 Å². The molecular formula is C24H23F2N3O4S. The highest BCUT2D eigenvalue weighted by Crippen LogP contribution is 2.30. The van der Waals surface area contributed by atoms with Gasteiger partial charge < -0.3 is 9.84 Å². The Hall–Kier alpha value is -3.37. The highest BCUT2D eigenvalue weighted by Gasteiger charge is 2.37. The Bertz CT molecular complexity index is 1320. The normalized spacial score (nSPS) is 17.2. The fourth-order valence-electron chi connectivity index (χ4n) is 3.86. The van der Waals surface area contributed by atoms with Crippen LogP contribution >= 0.6 is 0 Å². The molecule has 1 aliphatic heterocycles. The lowest BCUT2D eigenvalue weighted by Crippen LogP contribution is -2.43. The van der Waals surface area contributed by atoms with Crippen LogP contribution in [0.1, 0.15) is 29.9 Å². The molecule has 1 atom stereocenters. The number of halogens is 2. The van der Waals surface area contributed by atoms with Crippen LogP contribution in [0.3, 0.4) is 0 Å². The van der Waals surface area contributed by atoms with E-state index in [9.17, 15) is 22.0 Å². The third-order valence-electron chi connectivity index (χ3n) is 5.62. The number of hydrogen-bond acceptors (Lipinski definition) is 5. The Morgan fingerprint density at radius 1 is 1.15 bits per heavy atom. The predicted octanol–water partition coefficient (Wildman–Crippen LogP) is 4.47. The van der Waals surface area contributed by atoms with E-state index in [0.29, 0.717) is 18.5 Å². The second-order valence-corrected chi connectivity index (χ2v) is 9.89. The lowest BCUT2D eigenvalue weighted by atomic mass is 9.99. The van der Waals surface area contributed by atoms with Gasteiger partial charge in [0, 0.05) is 24.3 Å². The number of aromatic nitrogens is 1. The van der Waals surface area contributed by atoms with Crippen LogP contribution in [0.4, 0.5) is 14.5 Å². The first kappa shape index (κ1) is 23.8. The van der Waals surface area contributed by atoms with Crippen LogP contribution in [0, 0.1) is 24.5 Å². The molecule has 7 nitrogen and oxygen atoms in total. The number of sulfonamides is 1. The van der Waals surface area contributed by atoms with Gasteiger partial charge in [-0.15, -0.1) is 0 Å². The van der Waals surface area contributed by atoms with E-state index in [1.807, 2.05) is 0 Å². The second-order valence-electron chi connectivity index (χ2n) is 8.01. The second kappa shape index (κ2) is 9.86. The van der Waals surface area contributed by atoms with Gasteiger partial charge in [-0.05, 0) is 62.2 Å². The number of piperidine rings is 1. The van der Waals surface area contributed by atoms with Crippen molar-refractivity contribution in [3.63, 3.8) is 0 Å². The average molecular weight is 488 g/mol. The van der Waals surface area contributed by atoms with E-state index in [1.54, 1.807) is 18.2 Å². The van der Waals surface area contributed by atoms with E-state index in [0.717, 1.165) is 0 Å². The van der Waals surface area contributed by atoms with Crippen LogP contribution in [-0.4, -0.2) is 36.9 Å². The zero-order valence-electron chi connectivity index (χ0n) is 18.4. The van der Waals surface area contributed by atoms with Crippen LogP contribution in [0.15, 0.2) is 57.9 Å². The monoisotopic (exact) mass is 487 g/mol. The van der Waals surface area contributed by atoms with Gasteiger partial charge in [0.15, 0.2) is 10.7 Å². The first-order valence-electron chi connectivity index (χ1n) is 10.7. The molecule has 1 aromatic heterocycles. The van der Waals surface area contributed by atoms with Crippen molar-refractivity contribution in [2.24, 2.45) is 5.92 Å². The summed E-state index contributed by atoms with van der Waals surface area (Å²) in [5, 5.41) is 6.50. The van der Waals surface area contributed by atoms with Crippen LogP contribution in [0.5, 0.6) is 0 Å². The van der Waals surface area contributed by atoms with E-state index in [1.165, 1.54) is 53.7 Å². The van der Waals surface area contributed by atoms with Gasteiger partial charge in [-0.3, -0.25) is 4.79 Å². The number of aryl methyl sites for hydroxylation is 1. The molecule has 0 radical (unpaired) electrons. The maximum absolute atomic E-state index is 13.9. The maximum Gasteiger partial charge on any atom is 0.248 e. The van der Waals surface area contributed by atoms with Crippen molar-refractivity contribution < 1.29 is 26.5 Å². The minimum Gasteiger partial charge on any atom is -0.355 e. The summed E-state index contributed by atoms with van der Waals surface area (Å²) in [6, 6.07) is 11.4. The van der Waals surface area contributed by atoms with Crippen LogP contribution in [0.2, 0.25) is 0 Å². The van der Waals surface area contributed by atoms with Gasteiger partial charge in [-0.2, -0.15) is 4.31 Å². The zero-order chi connectivity index (χ0) is 24.3. The molecule has 1 saturated heterocycles. The summed E-state index contributed by atoms with van der Waals surface area (Å²) >= 11 is 0. The zero-order valence-corrected chi connectivity index (χ0v) is 19.2. The number of benzene rings is 2. The van der Waals surface area contributed by atoms with Gasteiger partial charge in [0.1, 0.15) is 17.3 Å². The van der Waals surface area contributed by atoms with E-state index in [4.69, 9.17) is 4.52 Å². The molecular weight excluding hydrogens is 464 g/mol. The third kappa shape index (κ3) is 5.07. The van der Waals surface area contributed by atoms with Crippen molar-refractivity contribution in [1.29, 1.82) is 0 Å². The summed E-state index contributed by atoms with van der Waals surface area (Å²) in [6.45, 7) is 1.74. The molecule has 4 rings (SSSR count). The topological polar surface area (TPSA) is 92.5 Å². The highest BCUT2D eigenvalue weighted by atomic mass is 32.2. The largest absolute Gasteiger partial charge is 0.355 e. The minimum absolute atomic E-state index is 0.0151. The molecule has 34 heavy (non-hydrogen) atoms. The van der Waals surface area contributed by atoms with E-state index in [-0.39, 0.29) is 40.9 Å². The van der Waals surface area contributed by atoms with E-state index in [2.05, 4.69) is 10.5 Å². The molecule has 1 N–H and O–H groups in total. The molecule has 1 amide bonds. The molecule has 1 aliphatic rings. The summed E-state index contributed by atoms with van der Waals surface area (Å²) in [5.74, 6) is -1.81. The molecule has 3 aromatic rings. The first-order valence-corrected chi connectivity index (χ1v) is 12.1. The Kier molecular flexibility index (Phi) is 6.90. The van der Waals surface area contributed by atoms with Crippen molar-refractivity contribution in [3.05, 3.63) is 77.2 Å². The molecule has 178 valence electrons. The van der Waals surface area contributed by atoms with Crippen LogP contribution < -0.4 is 5.32 Å². The molecule has 1 fully saturated rings. The Morgan fingerprint density at radius 2 is 1.88 bits per heavy atom. The molecule has 0 saturated carbocycles. The highest BCUT2D eigenvalue weighted by molar-refractivity contribution is 7.89. The standard InChI is InChI=1S/C24H23F2N3O4S/c1-16-23(22(33-28-16)13-8-17-5-2-3-7-21(17)26)34(31,32)29-14-4-6-18(15-29)24(30)27-20-11-9-19(25)10-12-20/h2-3,5,7-13,18H,4,6,14-15H2,1H3,(H,27,30). The Morgan fingerprint density at radius 3 is 2.62 bits per heavy atom. The number of anilines is 1. The van der Waals surface area contributed by atoms with Gasteiger partial charge >= 0.3 is 0 Å². The van der Waals surface area contributed by atoms with Crippen molar-refractivity contribution in [3.8, 4) is 0 Å². The van der Waals surface area contributed by atoms with Gasteiger partial charge in [-0.1, -0.05) is 23.4 Å². The number of rotatable bonds is 6. The van der Waals surface area contributed by atoms with E-state index < -0.39 is 27.6 Å². The molecule has 0 spiro atoms.